The van der Waals surface area contributed by atoms with Crippen LogP contribution in [0.25, 0.3) is 11.1 Å². The lowest BCUT2D eigenvalue weighted by molar-refractivity contribution is 0.122. The molecule has 202 valence electrons. The molecular formula is C31H39N3O4. The number of amides is 1. The molecule has 0 aliphatic carbocycles. The van der Waals surface area contributed by atoms with E-state index in [0.717, 1.165) is 35.5 Å². The van der Waals surface area contributed by atoms with Gasteiger partial charge in [0, 0.05) is 50.0 Å². The van der Waals surface area contributed by atoms with Gasteiger partial charge in [-0.05, 0) is 48.2 Å². The number of hydrogen-bond acceptors (Lipinski definition) is 5. The van der Waals surface area contributed by atoms with Crippen LogP contribution in [0, 0.1) is 0 Å². The number of para-hydroxylation sites is 1. The molecule has 2 N–H and O–H groups in total. The predicted molar refractivity (Wildman–Crippen MR) is 152 cm³/mol. The van der Waals surface area contributed by atoms with E-state index < -0.39 is 6.09 Å². The number of benzene rings is 3. The molecular weight excluding hydrogens is 478 g/mol. The summed E-state index contributed by atoms with van der Waals surface area (Å²) in [6.07, 6.45) is 0.0298. The van der Waals surface area contributed by atoms with Gasteiger partial charge in [-0.15, -0.1) is 0 Å². The molecule has 7 nitrogen and oxygen atoms in total. The SMILES string of the molecule is CCOc1ccccc1-c1ccc(N2CCN(C(=O)O)C[C@H]2CC)c(CNCCOCc2ccccc2)c1. The standard InChI is InChI=1S/C31H39N3O4/c1-3-27-22-33(31(35)36)17-18-34(27)29-15-14-25(28-12-8-9-13-30(28)38-4-2)20-26(29)21-32-16-19-37-23-24-10-6-5-7-11-24/h5-15,20,27,32H,3-4,16-19,21-23H2,1-2H3,(H,35,36)/t27-/m1/s1. The minimum Gasteiger partial charge on any atom is -0.493 e. The van der Waals surface area contributed by atoms with Gasteiger partial charge in [-0.3, -0.25) is 0 Å². The Labute approximate surface area is 226 Å². The first-order valence-electron chi connectivity index (χ1n) is 13.5. The Morgan fingerprint density at radius 2 is 1.82 bits per heavy atom. The second-order valence-corrected chi connectivity index (χ2v) is 9.47. The van der Waals surface area contributed by atoms with Gasteiger partial charge in [0.15, 0.2) is 0 Å². The van der Waals surface area contributed by atoms with Gasteiger partial charge in [-0.25, -0.2) is 4.79 Å². The number of rotatable bonds is 12. The van der Waals surface area contributed by atoms with Crippen molar-refractivity contribution in [1.82, 2.24) is 10.2 Å². The molecule has 0 spiro atoms. The molecule has 1 saturated heterocycles. The monoisotopic (exact) mass is 517 g/mol. The highest BCUT2D eigenvalue weighted by molar-refractivity contribution is 5.74. The van der Waals surface area contributed by atoms with Crippen molar-refractivity contribution in [3.63, 3.8) is 0 Å². The molecule has 1 amide bonds. The Bertz CT molecular complexity index is 1170. The summed E-state index contributed by atoms with van der Waals surface area (Å²) >= 11 is 0. The largest absolute Gasteiger partial charge is 0.493 e. The third-order valence-corrected chi connectivity index (χ3v) is 6.96. The quantitative estimate of drug-likeness (QED) is 0.303. The molecule has 1 aliphatic rings. The van der Waals surface area contributed by atoms with Crippen LogP contribution in [0.2, 0.25) is 0 Å². The summed E-state index contributed by atoms with van der Waals surface area (Å²) in [4.78, 5) is 15.5. The predicted octanol–water partition coefficient (Wildman–Crippen LogP) is 5.64. The molecule has 1 heterocycles. The Balaban J connectivity index is 1.51. The van der Waals surface area contributed by atoms with Crippen LogP contribution in [-0.2, 0) is 17.9 Å². The van der Waals surface area contributed by atoms with Crippen molar-refractivity contribution in [2.24, 2.45) is 0 Å². The maximum absolute atomic E-state index is 11.6. The van der Waals surface area contributed by atoms with Gasteiger partial charge in [0.1, 0.15) is 5.75 Å². The van der Waals surface area contributed by atoms with Crippen molar-refractivity contribution in [2.45, 2.75) is 39.5 Å². The minimum absolute atomic E-state index is 0.134. The molecule has 0 bridgehead atoms. The summed E-state index contributed by atoms with van der Waals surface area (Å²) in [6.45, 7) is 9.05. The van der Waals surface area contributed by atoms with Crippen LogP contribution < -0.4 is 15.0 Å². The summed E-state index contributed by atoms with van der Waals surface area (Å²) in [5.41, 5.74) is 5.67. The number of anilines is 1. The van der Waals surface area contributed by atoms with Crippen LogP contribution in [0.1, 0.15) is 31.4 Å². The number of hydrogen-bond donors (Lipinski definition) is 2. The Morgan fingerprint density at radius 1 is 1.03 bits per heavy atom. The van der Waals surface area contributed by atoms with E-state index in [1.165, 1.54) is 16.0 Å². The smallest absolute Gasteiger partial charge is 0.407 e. The van der Waals surface area contributed by atoms with Gasteiger partial charge in [0.2, 0.25) is 0 Å². The molecule has 3 aromatic carbocycles. The zero-order valence-electron chi connectivity index (χ0n) is 22.4. The highest BCUT2D eigenvalue weighted by atomic mass is 16.5. The van der Waals surface area contributed by atoms with Crippen LogP contribution in [0.3, 0.4) is 0 Å². The summed E-state index contributed by atoms with van der Waals surface area (Å²) in [5, 5.41) is 13.1. The van der Waals surface area contributed by atoms with Gasteiger partial charge < -0.3 is 29.7 Å². The highest BCUT2D eigenvalue weighted by Crippen LogP contribution is 2.35. The van der Waals surface area contributed by atoms with Crippen molar-refractivity contribution < 1.29 is 19.4 Å². The Morgan fingerprint density at radius 3 is 2.58 bits per heavy atom. The Hall–Kier alpha value is -3.55. The number of carboxylic acid groups (broad SMARTS) is 1. The summed E-state index contributed by atoms with van der Waals surface area (Å²) in [6, 6.07) is 25.0. The number of ether oxygens (including phenoxy) is 2. The van der Waals surface area contributed by atoms with Crippen LogP contribution in [0.4, 0.5) is 10.5 Å². The normalized spacial score (nSPS) is 15.5. The summed E-state index contributed by atoms with van der Waals surface area (Å²) < 4.78 is 11.8. The van der Waals surface area contributed by atoms with E-state index in [4.69, 9.17) is 9.47 Å². The van der Waals surface area contributed by atoms with Gasteiger partial charge in [-0.1, -0.05) is 61.5 Å². The van der Waals surface area contributed by atoms with Crippen molar-refractivity contribution >= 4 is 11.8 Å². The second-order valence-electron chi connectivity index (χ2n) is 9.47. The van der Waals surface area contributed by atoms with Gasteiger partial charge in [0.05, 0.1) is 19.8 Å². The third-order valence-electron chi connectivity index (χ3n) is 6.96. The second kappa shape index (κ2) is 13.8. The number of nitrogens with zero attached hydrogens (tertiary/aromatic N) is 2. The van der Waals surface area contributed by atoms with Crippen molar-refractivity contribution in [3.8, 4) is 16.9 Å². The highest BCUT2D eigenvalue weighted by Gasteiger charge is 2.29. The van der Waals surface area contributed by atoms with Gasteiger partial charge >= 0.3 is 6.09 Å². The maximum Gasteiger partial charge on any atom is 0.407 e. The minimum atomic E-state index is -0.844. The summed E-state index contributed by atoms with van der Waals surface area (Å²) in [5.74, 6) is 0.873. The molecule has 38 heavy (non-hydrogen) atoms. The fraction of sp³-hybridized carbons (Fsp3) is 0.387. The van der Waals surface area contributed by atoms with E-state index >= 15 is 0 Å². The summed E-state index contributed by atoms with van der Waals surface area (Å²) in [7, 11) is 0. The zero-order valence-corrected chi connectivity index (χ0v) is 22.4. The van der Waals surface area contributed by atoms with Crippen molar-refractivity contribution in [3.05, 3.63) is 83.9 Å². The number of piperazine rings is 1. The molecule has 3 aromatic rings. The van der Waals surface area contributed by atoms with E-state index in [-0.39, 0.29) is 6.04 Å². The lowest BCUT2D eigenvalue weighted by atomic mass is 9.98. The first-order chi connectivity index (χ1) is 18.6. The lowest BCUT2D eigenvalue weighted by Crippen LogP contribution is -2.54. The maximum atomic E-state index is 11.6. The molecule has 7 heteroatoms. The average Bonchev–Trinajstić information content (AvgIpc) is 2.95. The topological polar surface area (TPSA) is 74.3 Å². The van der Waals surface area contributed by atoms with Crippen LogP contribution in [-0.4, -0.2) is 61.5 Å². The fourth-order valence-corrected chi connectivity index (χ4v) is 4.99. The number of carbonyl (C=O) groups is 1. The third kappa shape index (κ3) is 7.05. The van der Waals surface area contributed by atoms with E-state index in [1.807, 2.05) is 43.3 Å². The lowest BCUT2D eigenvalue weighted by Gasteiger charge is -2.42. The van der Waals surface area contributed by atoms with E-state index in [1.54, 1.807) is 0 Å². The van der Waals surface area contributed by atoms with Crippen LogP contribution in [0.15, 0.2) is 72.8 Å². The molecule has 0 radical (unpaired) electrons. The van der Waals surface area contributed by atoms with E-state index in [9.17, 15) is 9.90 Å². The fourth-order valence-electron chi connectivity index (χ4n) is 4.99. The zero-order chi connectivity index (χ0) is 26.7. The first-order valence-corrected chi connectivity index (χ1v) is 13.5. The molecule has 1 atom stereocenters. The molecule has 1 fully saturated rings. The van der Waals surface area contributed by atoms with E-state index in [2.05, 4.69) is 53.5 Å². The van der Waals surface area contributed by atoms with Crippen molar-refractivity contribution in [2.75, 3.05) is 44.3 Å². The van der Waals surface area contributed by atoms with Gasteiger partial charge in [-0.2, -0.15) is 0 Å². The Kier molecular flexibility index (Phi) is 10.0. The van der Waals surface area contributed by atoms with Gasteiger partial charge in [0.25, 0.3) is 0 Å². The van der Waals surface area contributed by atoms with E-state index in [0.29, 0.717) is 46.0 Å². The number of nitrogens with one attached hydrogen (secondary N) is 1. The molecule has 0 unspecified atom stereocenters. The molecule has 1 aliphatic heterocycles. The first kappa shape index (κ1) is 27.5. The van der Waals surface area contributed by atoms with Crippen LogP contribution in [0.5, 0.6) is 5.75 Å². The molecule has 4 rings (SSSR count). The molecule has 0 aromatic heterocycles. The molecule has 0 saturated carbocycles. The van der Waals surface area contributed by atoms with Crippen LogP contribution >= 0.6 is 0 Å². The van der Waals surface area contributed by atoms with Crippen molar-refractivity contribution in [1.29, 1.82) is 0 Å². The average molecular weight is 518 g/mol.